The molecule has 1 aromatic carbocycles. The SMILES string of the molecule is O=C(O)CCN1C(=O)CS[C@H]1c1ccccc1F. The summed E-state index contributed by atoms with van der Waals surface area (Å²) in [6, 6.07) is 6.26. The molecule has 0 unspecified atom stereocenters. The van der Waals surface area contributed by atoms with Crippen LogP contribution >= 0.6 is 11.8 Å². The predicted octanol–water partition coefficient (Wildman–Crippen LogP) is 1.87. The average molecular weight is 269 g/mol. The highest BCUT2D eigenvalue weighted by Gasteiger charge is 2.34. The van der Waals surface area contributed by atoms with Gasteiger partial charge in [-0.05, 0) is 6.07 Å². The van der Waals surface area contributed by atoms with Crippen LogP contribution in [-0.4, -0.2) is 34.2 Å². The Balaban J connectivity index is 2.19. The van der Waals surface area contributed by atoms with Crippen molar-refractivity contribution in [3.63, 3.8) is 0 Å². The van der Waals surface area contributed by atoms with Gasteiger partial charge < -0.3 is 10.0 Å². The van der Waals surface area contributed by atoms with E-state index in [1.807, 2.05) is 0 Å². The Hall–Kier alpha value is -1.56. The highest BCUT2D eigenvalue weighted by Crippen LogP contribution is 2.39. The molecule has 18 heavy (non-hydrogen) atoms. The van der Waals surface area contributed by atoms with Crippen molar-refractivity contribution < 1.29 is 19.1 Å². The summed E-state index contributed by atoms with van der Waals surface area (Å²) in [7, 11) is 0. The minimum absolute atomic E-state index is 0.111. The highest BCUT2D eigenvalue weighted by molar-refractivity contribution is 8.00. The van der Waals surface area contributed by atoms with Crippen LogP contribution in [0.2, 0.25) is 0 Å². The lowest BCUT2D eigenvalue weighted by Gasteiger charge is -2.23. The third kappa shape index (κ3) is 2.64. The topological polar surface area (TPSA) is 57.6 Å². The van der Waals surface area contributed by atoms with Gasteiger partial charge in [0, 0.05) is 12.1 Å². The van der Waals surface area contributed by atoms with Crippen molar-refractivity contribution in [1.29, 1.82) is 0 Å². The van der Waals surface area contributed by atoms with E-state index < -0.39 is 11.3 Å². The number of halogens is 1. The number of rotatable bonds is 4. The lowest BCUT2D eigenvalue weighted by atomic mass is 10.2. The van der Waals surface area contributed by atoms with Gasteiger partial charge in [0.05, 0.1) is 12.2 Å². The zero-order valence-corrected chi connectivity index (χ0v) is 10.3. The van der Waals surface area contributed by atoms with Crippen LogP contribution in [0.5, 0.6) is 0 Å². The second kappa shape index (κ2) is 5.39. The molecule has 0 radical (unpaired) electrons. The lowest BCUT2D eigenvalue weighted by molar-refractivity contribution is -0.138. The molecule has 1 aliphatic heterocycles. The van der Waals surface area contributed by atoms with Crippen molar-refractivity contribution in [2.75, 3.05) is 12.3 Å². The van der Waals surface area contributed by atoms with Gasteiger partial charge in [-0.1, -0.05) is 18.2 Å². The first-order valence-corrected chi connectivity index (χ1v) is 6.52. The van der Waals surface area contributed by atoms with Crippen molar-refractivity contribution in [2.24, 2.45) is 0 Å². The van der Waals surface area contributed by atoms with Crippen LogP contribution in [0.3, 0.4) is 0 Å². The molecule has 0 saturated carbocycles. The third-order valence-corrected chi connectivity index (χ3v) is 3.94. The molecule has 0 spiro atoms. The summed E-state index contributed by atoms with van der Waals surface area (Å²) in [6.45, 7) is 0.111. The number of carbonyl (C=O) groups is 2. The van der Waals surface area contributed by atoms with E-state index in [2.05, 4.69) is 0 Å². The van der Waals surface area contributed by atoms with E-state index in [1.165, 1.54) is 22.7 Å². The summed E-state index contributed by atoms with van der Waals surface area (Å²) >= 11 is 1.32. The Kier molecular flexibility index (Phi) is 3.86. The van der Waals surface area contributed by atoms with Crippen LogP contribution in [0.1, 0.15) is 17.4 Å². The first-order chi connectivity index (χ1) is 8.59. The molecule has 1 aliphatic rings. The van der Waals surface area contributed by atoms with E-state index in [1.54, 1.807) is 18.2 Å². The Morgan fingerprint density at radius 3 is 2.89 bits per heavy atom. The maximum absolute atomic E-state index is 13.7. The first-order valence-electron chi connectivity index (χ1n) is 5.47. The quantitative estimate of drug-likeness (QED) is 0.906. The lowest BCUT2D eigenvalue weighted by Crippen LogP contribution is -2.30. The molecule has 96 valence electrons. The molecule has 1 aromatic rings. The predicted molar refractivity (Wildman–Crippen MR) is 65.6 cm³/mol. The van der Waals surface area contributed by atoms with Crippen LogP contribution in [-0.2, 0) is 9.59 Å². The molecule has 1 amide bonds. The van der Waals surface area contributed by atoms with Gasteiger partial charge in [0.15, 0.2) is 0 Å². The number of benzene rings is 1. The summed E-state index contributed by atoms with van der Waals surface area (Å²) in [5, 5.41) is 8.23. The second-order valence-electron chi connectivity index (χ2n) is 3.92. The molecule has 1 heterocycles. The van der Waals surface area contributed by atoms with E-state index >= 15 is 0 Å². The van der Waals surface area contributed by atoms with Gasteiger partial charge in [-0.15, -0.1) is 11.8 Å². The number of carbonyl (C=O) groups excluding carboxylic acids is 1. The molecule has 2 rings (SSSR count). The molecule has 6 heteroatoms. The molecule has 1 atom stereocenters. The number of amides is 1. The van der Waals surface area contributed by atoms with Crippen molar-refractivity contribution in [1.82, 2.24) is 4.90 Å². The van der Waals surface area contributed by atoms with Gasteiger partial charge in [0.1, 0.15) is 11.2 Å². The fraction of sp³-hybridized carbons (Fsp3) is 0.333. The maximum Gasteiger partial charge on any atom is 0.305 e. The van der Waals surface area contributed by atoms with E-state index in [0.717, 1.165) is 0 Å². The van der Waals surface area contributed by atoms with Gasteiger partial charge in [0.2, 0.25) is 5.91 Å². The summed E-state index contributed by atoms with van der Waals surface area (Å²) in [4.78, 5) is 23.7. The summed E-state index contributed by atoms with van der Waals surface area (Å²) in [6.07, 6.45) is -0.128. The third-order valence-electron chi connectivity index (χ3n) is 2.71. The molecule has 4 nitrogen and oxygen atoms in total. The zero-order valence-electron chi connectivity index (χ0n) is 9.51. The Labute approximate surface area is 108 Å². The Bertz CT molecular complexity index is 480. The molecule has 0 bridgehead atoms. The van der Waals surface area contributed by atoms with Gasteiger partial charge in [-0.2, -0.15) is 0 Å². The van der Waals surface area contributed by atoms with Crippen molar-refractivity contribution in [3.05, 3.63) is 35.6 Å². The van der Waals surface area contributed by atoms with E-state index in [4.69, 9.17) is 5.11 Å². The molecule has 1 N–H and O–H groups in total. The van der Waals surface area contributed by atoms with Gasteiger partial charge in [0.25, 0.3) is 0 Å². The van der Waals surface area contributed by atoms with Crippen LogP contribution in [0, 0.1) is 5.82 Å². The van der Waals surface area contributed by atoms with Crippen LogP contribution in [0.4, 0.5) is 4.39 Å². The van der Waals surface area contributed by atoms with Crippen molar-refractivity contribution in [3.8, 4) is 0 Å². The Morgan fingerprint density at radius 2 is 2.22 bits per heavy atom. The summed E-state index contributed by atoms with van der Waals surface area (Å²) < 4.78 is 13.7. The zero-order chi connectivity index (χ0) is 13.1. The number of thioether (sulfide) groups is 1. The van der Waals surface area contributed by atoms with Crippen LogP contribution < -0.4 is 0 Å². The molecule has 0 aromatic heterocycles. The summed E-state index contributed by atoms with van der Waals surface area (Å²) in [5.41, 5.74) is 0.429. The molecule has 0 aliphatic carbocycles. The molecular formula is C12H12FNO3S. The second-order valence-corrected chi connectivity index (χ2v) is 4.98. The van der Waals surface area contributed by atoms with E-state index in [9.17, 15) is 14.0 Å². The number of aliphatic carboxylic acids is 1. The first kappa shape index (κ1) is 12.9. The minimum Gasteiger partial charge on any atom is -0.481 e. The van der Waals surface area contributed by atoms with Crippen molar-refractivity contribution >= 4 is 23.6 Å². The van der Waals surface area contributed by atoms with Gasteiger partial charge in [-0.3, -0.25) is 9.59 Å². The van der Waals surface area contributed by atoms with Crippen LogP contribution in [0.15, 0.2) is 24.3 Å². The van der Waals surface area contributed by atoms with Crippen molar-refractivity contribution in [2.45, 2.75) is 11.8 Å². The van der Waals surface area contributed by atoms with E-state index in [0.29, 0.717) is 5.56 Å². The summed E-state index contributed by atoms with van der Waals surface area (Å²) in [5.74, 6) is -1.22. The maximum atomic E-state index is 13.7. The minimum atomic E-state index is -0.966. The number of carboxylic acid groups (broad SMARTS) is 1. The number of nitrogens with zero attached hydrogens (tertiary/aromatic N) is 1. The number of hydrogen-bond acceptors (Lipinski definition) is 3. The van der Waals surface area contributed by atoms with E-state index in [-0.39, 0.29) is 30.4 Å². The standard InChI is InChI=1S/C12H12FNO3S/c13-9-4-2-1-3-8(9)12-14(6-5-11(16)17)10(15)7-18-12/h1-4,12H,5-7H2,(H,16,17)/t12-/m0/s1. The largest absolute Gasteiger partial charge is 0.481 e. The number of carboxylic acids is 1. The average Bonchev–Trinajstić information content (AvgIpc) is 2.68. The number of hydrogen-bond donors (Lipinski definition) is 1. The molecular weight excluding hydrogens is 257 g/mol. The van der Waals surface area contributed by atoms with Gasteiger partial charge >= 0.3 is 5.97 Å². The van der Waals surface area contributed by atoms with Gasteiger partial charge in [-0.25, -0.2) is 4.39 Å². The molecule has 1 saturated heterocycles. The monoisotopic (exact) mass is 269 g/mol. The Morgan fingerprint density at radius 1 is 1.50 bits per heavy atom. The highest BCUT2D eigenvalue weighted by atomic mass is 32.2. The smallest absolute Gasteiger partial charge is 0.305 e. The fourth-order valence-corrected chi connectivity index (χ4v) is 3.08. The fourth-order valence-electron chi connectivity index (χ4n) is 1.84. The van der Waals surface area contributed by atoms with Crippen LogP contribution in [0.25, 0.3) is 0 Å². The normalized spacial score (nSPS) is 19.3. The molecule has 1 fully saturated rings.